The topological polar surface area (TPSA) is 147 Å². The average Bonchev–Trinajstić information content (AvgIpc) is 3.06. The van der Waals surface area contributed by atoms with Gasteiger partial charge in [0.1, 0.15) is 10.6 Å². The van der Waals surface area contributed by atoms with Crippen LogP contribution in [0, 0.1) is 13.8 Å². The van der Waals surface area contributed by atoms with E-state index < -0.39 is 28.2 Å². The number of aromatic nitrogens is 2. The van der Waals surface area contributed by atoms with Gasteiger partial charge in [-0.05, 0) is 32.0 Å². The van der Waals surface area contributed by atoms with Crippen molar-refractivity contribution in [3.05, 3.63) is 40.2 Å². The Bertz CT molecular complexity index is 1090. The molecule has 0 fully saturated rings. The molecule has 0 saturated carbocycles. The third-order valence-electron chi connectivity index (χ3n) is 3.36. The average molecular weight is 366 g/mol. The quantitative estimate of drug-likeness (QED) is 0.600. The molecule has 0 radical (unpaired) electrons. The molecule has 0 aliphatic rings. The fraction of sp³-hybridized carbons (Fsp3) is 0.214. The molecule has 0 aliphatic carbocycles. The Morgan fingerprint density at radius 1 is 1.32 bits per heavy atom. The number of nitrogens with one attached hydrogen (secondary N) is 3. The molecule has 25 heavy (non-hydrogen) atoms. The van der Waals surface area contributed by atoms with Crippen LogP contribution < -0.4 is 15.8 Å². The van der Waals surface area contributed by atoms with Crippen molar-refractivity contribution in [2.24, 2.45) is 0 Å². The summed E-state index contributed by atoms with van der Waals surface area (Å²) in [6.07, 6.45) is 0. The van der Waals surface area contributed by atoms with Gasteiger partial charge in [-0.3, -0.25) is 9.78 Å². The van der Waals surface area contributed by atoms with Crippen LogP contribution in [0.1, 0.15) is 11.5 Å². The Morgan fingerprint density at radius 3 is 2.76 bits per heavy atom. The number of rotatable bonds is 5. The highest BCUT2D eigenvalue weighted by Crippen LogP contribution is 2.18. The molecule has 1 amide bonds. The molecule has 1 aromatic carbocycles. The zero-order chi connectivity index (χ0) is 18.2. The van der Waals surface area contributed by atoms with E-state index in [0.717, 1.165) is 0 Å². The van der Waals surface area contributed by atoms with Gasteiger partial charge in [0.2, 0.25) is 15.9 Å². The highest BCUT2D eigenvalue weighted by molar-refractivity contribution is 7.89. The standard InChI is InChI=1S/C14H14N4O6S/c1-7-13(8(2)24-18-7)25(21,22)15-6-12(19)16-9-3-4-11-10(5-9)17-14(20)23-11/h3-5,15H,6H2,1-2H3,(H,16,19)(H,17,20). The first-order valence-corrected chi connectivity index (χ1v) is 8.60. The zero-order valence-electron chi connectivity index (χ0n) is 13.2. The second kappa shape index (κ2) is 6.18. The summed E-state index contributed by atoms with van der Waals surface area (Å²) in [5, 5.41) is 6.10. The molecule has 11 heteroatoms. The number of aromatic amines is 1. The fourth-order valence-corrected chi connectivity index (χ4v) is 3.63. The van der Waals surface area contributed by atoms with Crippen LogP contribution in [0.25, 0.3) is 11.1 Å². The minimum Gasteiger partial charge on any atom is -0.408 e. The maximum absolute atomic E-state index is 12.2. The van der Waals surface area contributed by atoms with Gasteiger partial charge < -0.3 is 14.3 Å². The minimum atomic E-state index is -3.93. The lowest BCUT2D eigenvalue weighted by atomic mass is 10.3. The van der Waals surface area contributed by atoms with E-state index in [1.165, 1.54) is 32.0 Å². The number of nitrogens with zero attached hydrogens (tertiary/aromatic N) is 1. The summed E-state index contributed by atoms with van der Waals surface area (Å²) >= 11 is 0. The maximum atomic E-state index is 12.2. The van der Waals surface area contributed by atoms with Crippen molar-refractivity contribution >= 4 is 32.7 Å². The number of amides is 1. The number of carbonyl (C=O) groups excluding carboxylic acids is 1. The lowest BCUT2D eigenvalue weighted by Crippen LogP contribution is -2.33. The number of oxazole rings is 1. The van der Waals surface area contributed by atoms with Gasteiger partial charge in [-0.1, -0.05) is 5.16 Å². The minimum absolute atomic E-state index is 0.0855. The van der Waals surface area contributed by atoms with Gasteiger partial charge in [0, 0.05) is 5.69 Å². The number of hydrogen-bond acceptors (Lipinski definition) is 7. The number of benzene rings is 1. The van der Waals surface area contributed by atoms with Crippen LogP contribution in [0.4, 0.5) is 5.69 Å². The Morgan fingerprint density at radius 2 is 2.08 bits per heavy atom. The molecular formula is C14H14N4O6S. The Hall–Kier alpha value is -2.92. The molecule has 0 aliphatic heterocycles. The first-order chi connectivity index (χ1) is 11.8. The Labute approximate surface area is 141 Å². The lowest BCUT2D eigenvalue weighted by Gasteiger charge is -2.07. The Balaban J connectivity index is 1.68. The fourth-order valence-electron chi connectivity index (χ4n) is 2.33. The molecule has 10 nitrogen and oxygen atoms in total. The molecule has 0 unspecified atom stereocenters. The molecule has 0 spiro atoms. The Kier molecular flexibility index (Phi) is 4.18. The monoisotopic (exact) mass is 366 g/mol. The SMILES string of the molecule is Cc1noc(C)c1S(=O)(=O)NCC(=O)Nc1ccc2oc(=O)[nH]c2c1. The number of hydrogen-bond donors (Lipinski definition) is 3. The third kappa shape index (κ3) is 3.46. The van der Waals surface area contributed by atoms with E-state index in [2.05, 4.69) is 20.2 Å². The van der Waals surface area contributed by atoms with Crippen molar-refractivity contribution < 1.29 is 22.2 Å². The number of aryl methyl sites for hydroxylation is 2. The van der Waals surface area contributed by atoms with Crippen LogP contribution in [-0.2, 0) is 14.8 Å². The first kappa shape index (κ1) is 16.9. The maximum Gasteiger partial charge on any atom is 0.417 e. The molecule has 3 N–H and O–H groups in total. The summed E-state index contributed by atoms with van der Waals surface area (Å²) in [6.45, 7) is 2.48. The van der Waals surface area contributed by atoms with Gasteiger partial charge in [0.05, 0.1) is 12.1 Å². The normalized spacial score (nSPS) is 11.8. The van der Waals surface area contributed by atoms with E-state index in [0.29, 0.717) is 16.8 Å². The summed E-state index contributed by atoms with van der Waals surface area (Å²) in [6, 6.07) is 4.54. The van der Waals surface area contributed by atoms with Crippen molar-refractivity contribution in [3.63, 3.8) is 0 Å². The smallest absolute Gasteiger partial charge is 0.408 e. The highest BCUT2D eigenvalue weighted by Gasteiger charge is 2.24. The van der Waals surface area contributed by atoms with Crippen LogP contribution in [0.15, 0.2) is 36.8 Å². The molecule has 0 bridgehead atoms. The summed E-state index contributed by atoms with van der Waals surface area (Å²) in [5.74, 6) is -1.05. The molecule has 0 atom stereocenters. The van der Waals surface area contributed by atoms with E-state index in [1.807, 2.05) is 0 Å². The van der Waals surface area contributed by atoms with Crippen molar-refractivity contribution in [3.8, 4) is 0 Å². The molecule has 132 valence electrons. The van der Waals surface area contributed by atoms with E-state index in [9.17, 15) is 18.0 Å². The van der Waals surface area contributed by atoms with Crippen LogP contribution in [-0.4, -0.2) is 31.0 Å². The van der Waals surface area contributed by atoms with Gasteiger partial charge in [-0.25, -0.2) is 17.9 Å². The predicted octanol–water partition coefficient (Wildman–Crippen LogP) is 0.643. The number of H-pyrrole nitrogens is 1. The van der Waals surface area contributed by atoms with E-state index in [4.69, 9.17) is 8.94 Å². The van der Waals surface area contributed by atoms with Crippen LogP contribution in [0.5, 0.6) is 0 Å². The summed E-state index contributed by atoms with van der Waals surface area (Å²) < 4.78 is 36.3. The summed E-state index contributed by atoms with van der Waals surface area (Å²) in [7, 11) is -3.93. The second-order valence-electron chi connectivity index (χ2n) is 5.25. The molecular weight excluding hydrogens is 352 g/mol. The second-order valence-corrected chi connectivity index (χ2v) is 6.96. The predicted molar refractivity (Wildman–Crippen MR) is 86.6 cm³/mol. The van der Waals surface area contributed by atoms with Gasteiger partial charge in [-0.15, -0.1) is 0 Å². The number of anilines is 1. The van der Waals surface area contributed by atoms with Gasteiger partial charge in [-0.2, -0.15) is 0 Å². The number of carbonyl (C=O) groups is 1. The summed E-state index contributed by atoms with van der Waals surface area (Å²) in [5.41, 5.74) is 1.35. The van der Waals surface area contributed by atoms with Gasteiger partial charge in [0.25, 0.3) is 0 Å². The van der Waals surface area contributed by atoms with Crippen molar-refractivity contribution in [2.45, 2.75) is 18.7 Å². The largest absolute Gasteiger partial charge is 0.417 e. The number of fused-ring (bicyclic) bond motifs is 1. The molecule has 2 aromatic heterocycles. The first-order valence-electron chi connectivity index (χ1n) is 7.11. The van der Waals surface area contributed by atoms with Gasteiger partial charge in [0.15, 0.2) is 11.3 Å². The zero-order valence-corrected chi connectivity index (χ0v) is 14.1. The van der Waals surface area contributed by atoms with Gasteiger partial charge >= 0.3 is 5.76 Å². The number of sulfonamides is 1. The van der Waals surface area contributed by atoms with Crippen LogP contribution in [0.2, 0.25) is 0 Å². The molecule has 3 aromatic rings. The van der Waals surface area contributed by atoms with Crippen LogP contribution in [0.3, 0.4) is 0 Å². The van der Waals surface area contributed by atoms with E-state index >= 15 is 0 Å². The van der Waals surface area contributed by atoms with Crippen molar-refractivity contribution in [1.82, 2.24) is 14.9 Å². The molecule has 2 heterocycles. The molecule has 3 rings (SSSR count). The van der Waals surface area contributed by atoms with Crippen LogP contribution >= 0.6 is 0 Å². The van der Waals surface area contributed by atoms with E-state index in [-0.39, 0.29) is 16.3 Å². The third-order valence-corrected chi connectivity index (χ3v) is 5.01. The van der Waals surface area contributed by atoms with Crippen molar-refractivity contribution in [1.29, 1.82) is 0 Å². The lowest BCUT2D eigenvalue weighted by molar-refractivity contribution is -0.115. The highest BCUT2D eigenvalue weighted by atomic mass is 32.2. The van der Waals surface area contributed by atoms with Crippen molar-refractivity contribution in [2.75, 3.05) is 11.9 Å². The molecule has 0 saturated heterocycles. The van der Waals surface area contributed by atoms with E-state index in [1.54, 1.807) is 0 Å². The summed E-state index contributed by atoms with van der Waals surface area (Å²) in [4.78, 5) is 25.4.